The van der Waals surface area contributed by atoms with Gasteiger partial charge in [-0.3, -0.25) is 5.32 Å². The van der Waals surface area contributed by atoms with E-state index in [0.29, 0.717) is 23.6 Å². The highest BCUT2D eigenvalue weighted by atomic mass is 16.3. The molecule has 0 amide bonds. The number of aromatic hydroxyl groups is 2. The van der Waals surface area contributed by atoms with Crippen LogP contribution in [0.5, 0.6) is 11.5 Å². The number of carbonyl (C=O) groups excluding carboxylic acids is 1. The zero-order chi connectivity index (χ0) is 23.9. The molecule has 1 aromatic heterocycles. The molecule has 4 aromatic carbocycles. The Kier molecular flexibility index (Phi) is 4.92. The van der Waals surface area contributed by atoms with Crippen LogP contribution in [-0.2, 0) is 6.42 Å². The van der Waals surface area contributed by atoms with Gasteiger partial charge in [-0.1, -0.05) is 54.6 Å². The average Bonchev–Trinajstić information content (AvgIpc) is 3.20. The molecular weight excluding hydrogens is 438 g/mol. The third kappa shape index (κ3) is 3.75. The van der Waals surface area contributed by atoms with E-state index in [1.807, 2.05) is 36.4 Å². The normalized spacial score (nSPS) is 14.6. The zero-order valence-corrected chi connectivity index (χ0v) is 18.7. The van der Waals surface area contributed by atoms with Crippen LogP contribution in [0.4, 0.5) is 5.82 Å². The molecule has 1 unspecified atom stereocenters. The number of anilines is 1. The highest BCUT2D eigenvalue weighted by Crippen LogP contribution is 2.34. The van der Waals surface area contributed by atoms with Crippen LogP contribution in [-0.4, -0.2) is 27.1 Å². The van der Waals surface area contributed by atoms with Crippen molar-refractivity contribution in [2.75, 3.05) is 5.32 Å². The van der Waals surface area contributed by atoms with Gasteiger partial charge in [0, 0.05) is 17.5 Å². The van der Waals surface area contributed by atoms with Crippen LogP contribution in [0, 0.1) is 0 Å². The molecule has 5 aromatic rings. The number of carbonyl (C=O) groups is 1. The summed E-state index contributed by atoms with van der Waals surface area (Å²) < 4.78 is 1.65. The first-order valence-corrected chi connectivity index (χ1v) is 11.4. The maximum atomic E-state index is 13.5. The van der Waals surface area contributed by atoms with E-state index in [1.165, 1.54) is 0 Å². The number of fused-ring (bicyclic) bond motifs is 2. The van der Waals surface area contributed by atoms with Crippen LogP contribution in [0.1, 0.15) is 10.4 Å². The molecule has 1 aliphatic rings. The molecule has 3 N–H and O–H groups in total. The van der Waals surface area contributed by atoms with Gasteiger partial charge in [-0.15, -0.1) is 0 Å². The Labute approximate surface area is 201 Å². The lowest BCUT2D eigenvalue weighted by molar-refractivity contribution is -0.551. The summed E-state index contributed by atoms with van der Waals surface area (Å²) in [6.45, 7) is 0. The van der Waals surface area contributed by atoms with Crippen molar-refractivity contribution >= 4 is 22.5 Å². The van der Waals surface area contributed by atoms with Gasteiger partial charge in [0.25, 0.3) is 0 Å². The second kappa shape index (κ2) is 8.25. The van der Waals surface area contributed by atoms with Crippen LogP contribution in [0.3, 0.4) is 0 Å². The molecule has 0 bridgehead atoms. The fourth-order valence-corrected chi connectivity index (χ4v) is 4.61. The first kappa shape index (κ1) is 20.9. The summed E-state index contributed by atoms with van der Waals surface area (Å²) in [6, 6.07) is 27.4. The summed E-state index contributed by atoms with van der Waals surface area (Å²) in [7, 11) is 0. The molecule has 0 saturated carbocycles. The lowest BCUT2D eigenvalue weighted by Gasteiger charge is -2.10. The van der Waals surface area contributed by atoms with Crippen LogP contribution < -0.4 is 9.88 Å². The quantitative estimate of drug-likeness (QED) is 0.331. The molecule has 2 heterocycles. The summed E-state index contributed by atoms with van der Waals surface area (Å²) in [4.78, 5) is 18.5. The van der Waals surface area contributed by atoms with Crippen molar-refractivity contribution in [2.45, 2.75) is 12.5 Å². The number of hydrogen-bond donors (Lipinski definition) is 3. The van der Waals surface area contributed by atoms with E-state index < -0.39 is 6.04 Å². The standard InChI is InChI=1S/C29H21N3O3/c33-21-12-8-18(9-13-21)16-25-29(35)32-17-26(20-10-14-22(34)15-11-20)30-27(28(32)31-25)24-7-3-5-19-4-1-2-6-23(19)24/h1-15,17,25,33-34H,16H2/p+1. The van der Waals surface area contributed by atoms with Crippen LogP contribution >= 0.6 is 0 Å². The maximum Gasteiger partial charge on any atom is 0.359 e. The van der Waals surface area contributed by atoms with E-state index in [1.54, 1.807) is 47.2 Å². The Morgan fingerprint density at radius 1 is 0.829 bits per heavy atom. The van der Waals surface area contributed by atoms with E-state index in [4.69, 9.17) is 4.98 Å². The number of phenols is 2. The lowest BCUT2D eigenvalue weighted by Crippen LogP contribution is -2.44. The van der Waals surface area contributed by atoms with E-state index in [0.717, 1.165) is 27.5 Å². The first-order chi connectivity index (χ1) is 17.1. The van der Waals surface area contributed by atoms with Crippen molar-refractivity contribution < 1.29 is 19.6 Å². The highest BCUT2D eigenvalue weighted by Gasteiger charge is 2.41. The molecule has 6 heteroatoms. The maximum absolute atomic E-state index is 13.5. The van der Waals surface area contributed by atoms with Gasteiger partial charge >= 0.3 is 11.7 Å². The van der Waals surface area contributed by atoms with E-state index >= 15 is 0 Å². The second-order valence-corrected chi connectivity index (χ2v) is 8.67. The van der Waals surface area contributed by atoms with Crippen molar-refractivity contribution in [3.63, 3.8) is 0 Å². The van der Waals surface area contributed by atoms with Gasteiger partial charge in [0.2, 0.25) is 0 Å². The van der Waals surface area contributed by atoms with Gasteiger partial charge in [0.1, 0.15) is 23.4 Å². The summed E-state index contributed by atoms with van der Waals surface area (Å²) in [5, 5.41) is 24.9. The molecule has 0 spiro atoms. The number of nitrogens with one attached hydrogen (secondary N) is 1. The van der Waals surface area contributed by atoms with Gasteiger partial charge in [-0.05, 0) is 52.7 Å². The van der Waals surface area contributed by atoms with Gasteiger partial charge < -0.3 is 10.2 Å². The molecule has 1 atom stereocenters. The molecule has 0 radical (unpaired) electrons. The SMILES string of the molecule is O=C1C(Cc2ccc(O)cc2)Nc2c(-c3cccc4ccccc34)nc(-c3ccc(O)cc3)c[n+]21. The van der Waals surface area contributed by atoms with Gasteiger partial charge in [-0.2, -0.15) is 4.57 Å². The minimum absolute atomic E-state index is 0.0722. The molecule has 0 fully saturated rings. The molecular formula is C29H22N3O3+. The average molecular weight is 461 g/mol. The Hall–Kier alpha value is -4.71. The Morgan fingerprint density at radius 2 is 1.51 bits per heavy atom. The Bertz CT molecular complexity index is 1570. The van der Waals surface area contributed by atoms with E-state index in [-0.39, 0.29) is 17.4 Å². The predicted octanol–water partition coefficient (Wildman–Crippen LogP) is 4.94. The summed E-state index contributed by atoms with van der Waals surface area (Å²) >= 11 is 0. The molecule has 1 aliphatic heterocycles. The third-order valence-electron chi connectivity index (χ3n) is 6.38. The molecule has 6 rings (SSSR count). The fourth-order valence-electron chi connectivity index (χ4n) is 4.61. The fraction of sp³-hybridized carbons (Fsp3) is 0.0690. The topological polar surface area (TPSA) is 86.3 Å². The number of nitrogens with zero attached hydrogens (tertiary/aromatic N) is 2. The largest absolute Gasteiger partial charge is 0.508 e. The third-order valence-corrected chi connectivity index (χ3v) is 6.38. The number of benzene rings is 4. The van der Waals surface area contributed by atoms with Crippen molar-refractivity contribution in [1.29, 1.82) is 0 Å². The zero-order valence-electron chi connectivity index (χ0n) is 18.7. The first-order valence-electron chi connectivity index (χ1n) is 11.4. The molecule has 6 nitrogen and oxygen atoms in total. The Balaban J connectivity index is 1.51. The summed E-state index contributed by atoms with van der Waals surface area (Å²) in [5.41, 5.74) is 4.00. The minimum atomic E-state index is -0.467. The van der Waals surface area contributed by atoms with Crippen LogP contribution in [0.25, 0.3) is 33.3 Å². The van der Waals surface area contributed by atoms with Gasteiger partial charge in [0.05, 0.1) is 0 Å². The van der Waals surface area contributed by atoms with E-state index in [9.17, 15) is 15.0 Å². The summed E-state index contributed by atoms with van der Waals surface area (Å²) in [5.74, 6) is 0.941. The molecule has 170 valence electrons. The van der Waals surface area contributed by atoms with Gasteiger partial charge in [-0.25, -0.2) is 9.78 Å². The second-order valence-electron chi connectivity index (χ2n) is 8.67. The number of aromatic nitrogens is 2. The minimum Gasteiger partial charge on any atom is -0.508 e. The van der Waals surface area contributed by atoms with E-state index in [2.05, 4.69) is 23.5 Å². The van der Waals surface area contributed by atoms with Gasteiger partial charge in [0.15, 0.2) is 11.7 Å². The predicted molar refractivity (Wildman–Crippen MR) is 134 cm³/mol. The number of phenolic OH excluding ortho intramolecular Hbond substituents is 2. The molecule has 35 heavy (non-hydrogen) atoms. The van der Waals surface area contributed by atoms with Crippen molar-refractivity contribution in [3.05, 3.63) is 103 Å². The number of rotatable bonds is 4. The van der Waals surface area contributed by atoms with Crippen LogP contribution in [0.2, 0.25) is 0 Å². The van der Waals surface area contributed by atoms with Crippen molar-refractivity contribution in [3.8, 4) is 34.0 Å². The van der Waals surface area contributed by atoms with Crippen LogP contribution in [0.15, 0.2) is 97.2 Å². The number of hydrogen-bond acceptors (Lipinski definition) is 5. The summed E-state index contributed by atoms with van der Waals surface area (Å²) in [6.07, 6.45) is 2.23. The lowest BCUT2D eigenvalue weighted by atomic mass is 10.0. The smallest absolute Gasteiger partial charge is 0.359 e. The Morgan fingerprint density at radius 3 is 2.29 bits per heavy atom. The highest BCUT2D eigenvalue weighted by molar-refractivity contribution is 5.99. The van der Waals surface area contributed by atoms with Crippen molar-refractivity contribution in [1.82, 2.24) is 4.98 Å². The van der Waals surface area contributed by atoms with Crippen molar-refractivity contribution in [2.24, 2.45) is 0 Å². The molecule has 0 aliphatic carbocycles. The monoisotopic (exact) mass is 460 g/mol. The molecule has 0 saturated heterocycles.